The van der Waals surface area contributed by atoms with Crippen molar-refractivity contribution in [3.63, 3.8) is 0 Å². The van der Waals surface area contributed by atoms with Gasteiger partial charge in [-0.05, 0) is 17.5 Å². The molecule has 0 radical (unpaired) electrons. The first-order valence-corrected chi connectivity index (χ1v) is 5.49. The lowest BCUT2D eigenvalue weighted by atomic mass is 9.76. The molecule has 1 unspecified atom stereocenters. The molecule has 1 aromatic heterocycles. The quantitative estimate of drug-likeness (QED) is 0.726. The van der Waals surface area contributed by atoms with Crippen LogP contribution in [0.25, 0.3) is 0 Å². The zero-order valence-corrected chi connectivity index (χ0v) is 8.87. The van der Waals surface area contributed by atoms with Crippen molar-refractivity contribution in [2.24, 2.45) is 0 Å². The van der Waals surface area contributed by atoms with Crippen molar-refractivity contribution in [3.05, 3.63) is 53.2 Å². The van der Waals surface area contributed by atoms with Crippen molar-refractivity contribution in [2.45, 2.75) is 18.2 Å². The number of nitrogens with zero attached hydrogens (tertiary/aromatic N) is 1. The Kier molecular flexibility index (Phi) is 2.03. The average molecular weight is 220 g/mol. The van der Waals surface area contributed by atoms with Gasteiger partial charge in [0.1, 0.15) is 5.76 Å². The molecule has 0 spiro atoms. The second kappa shape index (κ2) is 3.38. The van der Waals surface area contributed by atoms with Gasteiger partial charge in [-0.2, -0.15) is 0 Å². The maximum absolute atomic E-state index is 5.80. The van der Waals surface area contributed by atoms with Gasteiger partial charge in [0.15, 0.2) is 6.39 Å². The van der Waals surface area contributed by atoms with Gasteiger partial charge < -0.3 is 4.42 Å². The van der Waals surface area contributed by atoms with Crippen molar-refractivity contribution in [3.8, 4) is 0 Å². The average Bonchev–Trinajstić information content (AvgIpc) is 2.68. The van der Waals surface area contributed by atoms with E-state index in [0.29, 0.717) is 11.8 Å². The van der Waals surface area contributed by atoms with E-state index in [1.807, 2.05) is 0 Å². The van der Waals surface area contributed by atoms with Crippen LogP contribution >= 0.6 is 11.6 Å². The van der Waals surface area contributed by atoms with Crippen LogP contribution in [0.4, 0.5) is 0 Å². The highest BCUT2D eigenvalue weighted by Crippen LogP contribution is 2.41. The van der Waals surface area contributed by atoms with Crippen molar-refractivity contribution in [2.75, 3.05) is 0 Å². The fourth-order valence-electron chi connectivity index (χ4n) is 2.15. The van der Waals surface area contributed by atoms with Crippen LogP contribution in [0.1, 0.15) is 28.5 Å². The summed E-state index contributed by atoms with van der Waals surface area (Å²) < 4.78 is 5.42. The second-order valence-corrected chi connectivity index (χ2v) is 4.02. The first-order chi connectivity index (χ1) is 7.40. The van der Waals surface area contributed by atoms with Crippen molar-refractivity contribution >= 4 is 11.6 Å². The summed E-state index contributed by atoms with van der Waals surface area (Å²) in [6, 6.07) is 8.42. The minimum absolute atomic E-state index is 0.359. The van der Waals surface area contributed by atoms with E-state index in [1.165, 1.54) is 17.5 Å². The summed E-state index contributed by atoms with van der Waals surface area (Å²) in [5, 5.41) is 0. The van der Waals surface area contributed by atoms with Crippen LogP contribution in [0, 0.1) is 0 Å². The van der Waals surface area contributed by atoms with Gasteiger partial charge in [0.05, 0.1) is 11.6 Å². The zero-order chi connectivity index (χ0) is 10.3. The van der Waals surface area contributed by atoms with Crippen molar-refractivity contribution in [1.82, 2.24) is 4.98 Å². The van der Waals surface area contributed by atoms with E-state index in [0.717, 1.165) is 17.9 Å². The van der Waals surface area contributed by atoms with E-state index in [4.69, 9.17) is 16.0 Å². The summed E-state index contributed by atoms with van der Waals surface area (Å²) in [6.07, 6.45) is 2.52. The van der Waals surface area contributed by atoms with Gasteiger partial charge in [-0.3, -0.25) is 0 Å². The molecule has 3 rings (SSSR count). The molecule has 76 valence electrons. The molecule has 0 aliphatic heterocycles. The molecule has 2 aromatic rings. The molecule has 0 bridgehead atoms. The summed E-state index contributed by atoms with van der Waals surface area (Å²) >= 11 is 5.80. The molecule has 0 saturated heterocycles. The molecule has 0 saturated carbocycles. The third-order valence-corrected chi connectivity index (χ3v) is 3.22. The molecule has 0 fully saturated rings. The smallest absolute Gasteiger partial charge is 0.181 e. The van der Waals surface area contributed by atoms with Crippen LogP contribution in [0.5, 0.6) is 0 Å². The van der Waals surface area contributed by atoms with E-state index in [-0.39, 0.29) is 0 Å². The van der Waals surface area contributed by atoms with E-state index < -0.39 is 0 Å². The summed E-state index contributed by atoms with van der Waals surface area (Å²) in [7, 11) is 0. The SMILES string of the molecule is ClCc1ncoc1C1Cc2ccccc21. The molecular formula is C12H10ClNO. The molecule has 0 N–H and O–H groups in total. The standard InChI is InChI=1S/C12H10ClNO/c13-6-11-12(15-7-14-11)10-5-8-3-1-2-4-9(8)10/h1-4,7,10H,5-6H2. The first-order valence-electron chi connectivity index (χ1n) is 4.96. The third-order valence-electron chi connectivity index (χ3n) is 2.97. The zero-order valence-electron chi connectivity index (χ0n) is 8.11. The van der Waals surface area contributed by atoms with Crippen LogP contribution in [0.2, 0.25) is 0 Å². The highest BCUT2D eigenvalue weighted by molar-refractivity contribution is 6.16. The number of hydrogen-bond acceptors (Lipinski definition) is 2. The third kappa shape index (κ3) is 1.29. The fraction of sp³-hybridized carbons (Fsp3) is 0.250. The van der Waals surface area contributed by atoms with Gasteiger partial charge in [-0.1, -0.05) is 24.3 Å². The Labute approximate surface area is 92.9 Å². The summed E-state index contributed by atoms with van der Waals surface area (Å²) in [6.45, 7) is 0. The van der Waals surface area contributed by atoms with Crippen LogP contribution in [-0.2, 0) is 12.3 Å². The summed E-state index contributed by atoms with van der Waals surface area (Å²) in [5.74, 6) is 1.71. The van der Waals surface area contributed by atoms with Crippen LogP contribution < -0.4 is 0 Å². The Morgan fingerprint density at radius 2 is 2.27 bits per heavy atom. The maximum atomic E-state index is 5.80. The number of alkyl halides is 1. The van der Waals surface area contributed by atoms with E-state index in [2.05, 4.69) is 29.2 Å². The highest BCUT2D eigenvalue weighted by atomic mass is 35.5. The van der Waals surface area contributed by atoms with Gasteiger partial charge in [0.2, 0.25) is 0 Å². The topological polar surface area (TPSA) is 26.0 Å². The van der Waals surface area contributed by atoms with Crippen LogP contribution in [0.15, 0.2) is 35.1 Å². The van der Waals surface area contributed by atoms with E-state index >= 15 is 0 Å². The predicted molar refractivity (Wildman–Crippen MR) is 58.0 cm³/mol. The number of rotatable bonds is 2. The minimum atomic E-state index is 0.359. The Morgan fingerprint density at radius 1 is 1.40 bits per heavy atom. The van der Waals surface area contributed by atoms with Crippen molar-refractivity contribution in [1.29, 1.82) is 0 Å². The largest absolute Gasteiger partial charge is 0.448 e. The number of hydrogen-bond donors (Lipinski definition) is 0. The molecule has 1 aliphatic carbocycles. The lowest BCUT2D eigenvalue weighted by Crippen LogP contribution is -2.18. The summed E-state index contributed by atoms with van der Waals surface area (Å²) in [5.41, 5.74) is 3.62. The number of benzene rings is 1. The number of aromatic nitrogens is 1. The Balaban J connectivity index is 2.00. The summed E-state index contributed by atoms with van der Waals surface area (Å²) in [4.78, 5) is 4.11. The first kappa shape index (κ1) is 8.98. The lowest BCUT2D eigenvalue weighted by molar-refractivity contribution is 0.460. The molecule has 1 aromatic carbocycles. The monoisotopic (exact) mass is 219 g/mol. The number of oxazole rings is 1. The molecule has 3 heteroatoms. The van der Waals surface area contributed by atoms with Gasteiger partial charge in [-0.25, -0.2) is 4.98 Å². The van der Waals surface area contributed by atoms with Gasteiger partial charge >= 0.3 is 0 Å². The second-order valence-electron chi connectivity index (χ2n) is 3.75. The van der Waals surface area contributed by atoms with Gasteiger partial charge in [0, 0.05) is 5.92 Å². The molecule has 1 atom stereocenters. The predicted octanol–water partition coefficient (Wildman–Crippen LogP) is 3.10. The van der Waals surface area contributed by atoms with Crippen LogP contribution in [0.3, 0.4) is 0 Å². The molecule has 0 amide bonds. The normalized spacial score (nSPS) is 18.3. The maximum Gasteiger partial charge on any atom is 0.181 e. The molecule has 1 heterocycles. The van der Waals surface area contributed by atoms with E-state index in [1.54, 1.807) is 0 Å². The van der Waals surface area contributed by atoms with Crippen LogP contribution in [-0.4, -0.2) is 4.98 Å². The number of fused-ring (bicyclic) bond motifs is 1. The minimum Gasteiger partial charge on any atom is -0.448 e. The van der Waals surface area contributed by atoms with Gasteiger partial charge in [0.25, 0.3) is 0 Å². The molecular weight excluding hydrogens is 210 g/mol. The number of halogens is 1. The molecule has 15 heavy (non-hydrogen) atoms. The lowest BCUT2D eigenvalue weighted by Gasteiger charge is -2.28. The van der Waals surface area contributed by atoms with Crippen molar-refractivity contribution < 1.29 is 4.42 Å². The molecule has 1 aliphatic rings. The molecule has 2 nitrogen and oxygen atoms in total. The Hall–Kier alpha value is -1.28. The Bertz CT molecular complexity index is 492. The van der Waals surface area contributed by atoms with E-state index in [9.17, 15) is 0 Å². The highest BCUT2D eigenvalue weighted by Gasteiger charge is 2.31. The fourth-order valence-corrected chi connectivity index (χ4v) is 2.36. The Morgan fingerprint density at radius 3 is 3.07 bits per heavy atom. The van der Waals surface area contributed by atoms with Gasteiger partial charge in [-0.15, -0.1) is 11.6 Å².